The van der Waals surface area contributed by atoms with Crippen molar-refractivity contribution >= 4 is 0 Å². The van der Waals surface area contributed by atoms with Gasteiger partial charge in [-0.1, -0.05) is 12.8 Å². The van der Waals surface area contributed by atoms with Crippen molar-refractivity contribution in [3.05, 3.63) is 17.7 Å². The van der Waals surface area contributed by atoms with Crippen LogP contribution in [0.4, 0.5) is 0 Å². The quantitative estimate of drug-likeness (QED) is 0.924. The predicted molar refractivity (Wildman–Crippen MR) is 88.3 cm³/mol. The molecule has 0 radical (unpaired) electrons. The van der Waals surface area contributed by atoms with Crippen molar-refractivity contribution in [3.8, 4) is 17.2 Å². The van der Waals surface area contributed by atoms with Crippen molar-refractivity contribution < 1.29 is 14.2 Å². The molecule has 1 atom stereocenters. The van der Waals surface area contributed by atoms with Crippen molar-refractivity contribution in [2.24, 2.45) is 5.92 Å². The van der Waals surface area contributed by atoms with Crippen molar-refractivity contribution in [2.75, 3.05) is 40.1 Å². The molecule has 0 amide bonds. The number of fused-ring (bicyclic) bond motifs is 1. The molecular formula is C18H26N2O3. The van der Waals surface area contributed by atoms with Crippen molar-refractivity contribution in [2.45, 2.75) is 31.7 Å². The monoisotopic (exact) mass is 318 g/mol. The molecule has 126 valence electrons. The van der Waals surface area contributed by atoms with Crippen LogP contribution in [0.1, 0.15) is 37.3 Å². The molecule has 1 aromatic carbocycles. The van der Waals surface area contributed by atoms with E-state index in [0.29, 0.717) is 6.04 Å². The normalized spacial score (nSPS) is 23.2. The molecular weight excluding hydrogens is 292 g/mol. The molecule has 23 heavy (non-hydrogen) atoms. The lowest BCUT2D eigenvalue weighted by molar-refractivity contribution is 0.125. The molecule has 0 unspecified atom stereocenters. The first-order valence-corrected chi connectivity index (χ1v) is 8.79. The van der Waals surface area contributed by atoms with Gasteiger partial charge >= 0.3 is 0 Å². The van der Waals surface area contributed by atoms with Crippen molar-refractivity contribution in [3.63, 3.8) is 0 Å². The third kappa shape index (κ3) is 2.88. The van der Waals surface area contributed by atoms with E-state index in [4.69, 9.17) is 14.2 Å². The van der Waals surface area contributed by atoms with E-state index in [1.54, 1.807) is 7.11 Å². The van der Waals surface area contributed by atoms with Crippen LogP contribution in [-0.2, 0) is 0 Å². The highest BCUT2D eigenvalue weighted by Crippen LogP contribution is 2.47. The van der Waals surface area contributed by atoms with Gasteiger partial charge in [-0.3, -0.25) is 4.90 Å². The van der Waals surface area contributed by atoms with E-state index < -0.39 is 0 Å². The first-order valence-electron chi connectivity index (χ1n) is 8.79. The van der Waals surface area contributed by atoms with Gasteiger partial charge in [0.1, 0.15) is 0 Å². The fraction of sp³-hybridized carbons (Fsp3) is 0.667. The highest BCUT2D eigenvalue weighted by molar-refractivity contribution is 5.55. The van der Waals surface area contributed by atoms with Gasteiger partial charge in [0.2, 0.25) is 12.5 Å². The van der Waals surface area contributed by atoms with Crippen LogP contribution in [0.5, 0.6) is 17.2 Å². The molecule has 5 nitrogen and oxygen atoms in total. The van der Waals surface area contributed by atoms with Gasteiger partial charge in [0.15, 0.2) is 11.5 Å². The molecule has 2 fully saturated rings. The standard InChI is InChI=1S/C18H26N2O3/c1-21-15-10-14(11-16-18(15)23-12-22-16)17(13-4-2-3-5-13)20-8-6-19-7-9-20/h10-11,13,17,19H,2-9,12H2,1H3/t17-/m0/s1. The molecule has 5 heteroatoms. The Balaban J connectivity index is 1.70. The summed E-state index contributed by atoms with van der Waals surface area (Å²) in [7, 11) is 1.70. The predicted octanol–water partition coefficient (Wildman–Crippen LogP) is 2.56. The molecule has 0 spiro atoms. The topological polar surface area (TPSA) is 43.0 Å². The van der Waals surface area contributed by atoms with Crippen LogP contribution in [-0.4, -0.2) is 45.0 Å². The summed E-state index contributed by atoms with van der Waals surface area (Å²) in [4.78, 5) is 2.64. The lowest BCUT2D eigenvalue weighted by Crippen LogP contribution is -2.46. The van der Waals surface area contributed by atoms with Crippen LogP contribution in [0.25, 0.3) is 0 Å². The van der Waals surface area contributed by atoms with Crippen molar-refractivity contribution in [1.82, 2.24) is 10.2 Å². The number of ether oxygens (including phenoxy) is 3. The zero-order valence-corrected chi connectivity index (χ0v) is 13.8. The Bertz CT molecular complexity index is 551. The van der Waals surface area contributed by atoms with Gasteiger partial charge in [-0.2, -0.15) is 0 Å². The molecule has 4 rings (SSSR count). The second-order valence-electron chi connectivity index (χ2n) is 6.73. The van der Waals surface area contributed by atoms with Crippen LogP contribution in [0, 0.1) is 5.92 Å². The molecule has 2 heterocycles. The zero-order valence-electron chi connectivity index (χ0n) is 13.8. The van der Waals surface area contributed by atoms with Crippen LogP contribution >= 0.6 is 0 Å². The Morgan fingerprint density at radius 2 is 1.96 bits per heavy atom. The van der Waals surface area contributed by atoms with Gasteiger partial charge in [-0.25, -0.2) is 0 Å². The summed E-state index contributed by atoms with van der Waals surface area (Å²) in [6.45, 7) is 4.66. The van der Waals surface area contributed by atoms with E-state index in [9.17, 15) is 0 Å². The van der Waals surface area contributed by atoms with E-state index in [1.807, 2.05) is 0 Å². The summed E-state index contributed by atoms with van der Waals surface area (Å²) >= 11 is 0. The number of benzene rings is 1. The minimum Gasteiger partial charge on any atom is -0.493 e. The highest BCUT2D eigenvalue weighted by Gasteiger charge is 2.34. The van der Waals surface area contributed by atoms with E-state index in [2.05, 4.69) is 22.3 Å². The van der Waals surface area contributed by atoms with E-state index in [-0.39, 0.29) is 6.79 Å². The van der Waals surface area contributed by atoms with Crippen LogP contribution < -0.4 is 19.5 Å². The molecule has 3 aliphatic rings. The molecule has 1 N–H and O–H groups in total. The Labute approximate surface area is 137 Å². The summed E-state index contributed by atoms with van der Waals surface area (Å²) in [5, 5.41) is 3.46. The lowest BCUT2D eigenvalue weighted by atomic mass is 9.89. The molecule has 1 aliphatic carbocycles. The minimum atomic E-state index is 0.289. The van der Waals surface area contributed by atoms with Crippen LogP contribution in [0.15, 0.2) is 12.1 Å². The molecule has 0 bridgehead atoms. The lowest BCUT2D eigenvalue weighted by Gasteiger charge is -2.38. The largest absolute Gasteiger partial charge is 0.493 e. The first-order chi connectivity index (χ1) is 11.4. The SMILES string of the molecule is COc1cc([C@H](C2CCCC2)N2CCNCC2)cc2c1OCO2. The molecule has 0 aromatic heterocycles. The second kappa shape index (κ2) is 6.57. The third-order valence-corrected chi connectivity index (χ3v) is 5.41. The van der Waals surface area contributed by atoms with Gasteiger partial charge in [0, 0.05) is 32.2 Å². The molecule has 1 saturated carbocycles. The number of nitrogens with zero attached hydrogens (tertiary/aromatic N) is 1. The number of rotatable bonds is 4. The maximum Gasteiger partial charge on any atom is 0.231 e. The van der Waals surface area contributed by atoms with E-state index >= 15 is 0 Å². The maximum absolute atomic E-state index is 5.65. The number of nitrogens with one attached hydrogen (secondary N) is 1. The summed E-state index contributed by atoms with van der Waals surface area (Å²) < 4.78 is 16.8. The fourth-order valence-electron chi connectivity index (χ4n) is 4.34. The van der Waals surface area contributed by atoms with Crippen LogP contribution in [0.3, 0.4) is 0 Å². The van der Waals surface area contributed by atoms with E-state index in [1.165, 1.54) is 31.2 Å². The number of methoxy groups -OCH3 is 1. The number of hydrogen-bond donors (Lipinski definition) is 1. The summed E-state index contributed by atoms with van der Waals surface area (Å²) in [6, 6.07) is 4.80. The number of hydrogen-bond acceptors (Lipinski definition) is 5. The van der Waals surface area contributed by atoms with Gasteiger partial charge < -0.3 is 19.5 Å². The van der Waals surface area contributed by atoms with Gasteiger partial charge in [0.25, 0.3) is 0 Å². The summed E-state index contributed by atoms with van der Waals surface area (Å²) in [5.41, 5.74) is 1.32. The molecule has 2 aliphatic heterocycles. The van der Waals surface area contributed by atoms with Crippen molar-refractivity contribution in [1.29, 1.82) is 0 Å². The average Bonchev–Trinajstić information content (AvgIpc) is 3.27. The fourth-order valence-corrected chi connectivity index (χ4v) is 4.34. The third-order valence-electron chi connectivity index (χ3n) is 5.41. The minimum absolute atomic E-state index is 0.289. The van der Waals surface area contributed by atoms with Gasteiger partial charge in [-0.15, -0.1) is 0 Å². The smallest absolute Gasteiger partial charge is 0.231 e. The highest BCUT2D eigenvalue weighted by atomic mass is 16.7. The molecule has 1 saturated heterocycles. The van der Waals surface area contributed by atoms with E-state index in [0.717, 1.165) is 49.3 Å². The maximum atomic E-state index is 5.65. The average molecular weight is 318 g/mol. The second-order valence-corrected chi connectivity index (χ2v) is 6.73. The van der Waals surface area contributed by atoms with Crippen LogP contribution in [0.2, 0.25) is 0 Å². The molecule has 1 aromatic rings. The first kappa shape index (κ1) is 15.1. The van der Waals surface area contributed by atoms with Gasteiger partial charge in [-0.05, 0) is 36.5 Å². The Kier molecular flexibility index (Phi) is 4.31. The zero-order chi connectivity index (χ0) is 15.6. The summed E-state index contributed by atoms with van der Waals surface area (Å²) in [5.74, 6) is 3.12. The Morgan fingerprint density at radius 1 is 1.17 bits per heavy atom. The Hall–Kier alpha value is -1.46. The Morgan fingerprint density at radius 3 is 2.70 bits per heavy atom. The summed E-state index contributed by atoms with van der Waals surface area (Å²) in [6.07, 6.45) is 5.36. The van der Waals surface area contributed by atoms with Gasteiger partial charge in [0.05, 0.1) is 7.11 Å². The number of piperazine rings is 1.